The maximum Gasteiger partial charge on any atom is 1.00 e. The molecule has 0 amide bonds. The molecule has 0 saturated carbocycles. The Bertz CT molecular complexity index is 1010. The van der Waals surface area contributed by atoms with Gasteiger partial charge >= 0.3 is 45.6 Å². The van der Waals surface area contributed by atoms with Gasteiger partial charge in [-0.15, -0.1) is 5.34 Å². The molecule has 2 aromatic rings. The van der Waals surface area contributed by atoms with Crippen LogP contribution in [0.25, 0.3) is 0 Å². The number of rotatable bonds is 1. The number of phenolic OH excluding ortho intramolecular Hbond substituents is 2. The molecule has 0 fully saturated rings. The molecule has 2 rings (SSSR count). The minimum Gasteiger partial charge on any atom is -0.508 e. The molecular formula is C14H11N4NaO10S. The number of nitriles is 2. The Kier molecular flexibility index (Phi) is 17.4. The summed E-state index contributed by atoms with van der Waals surface area (Å²) in [6.07, 6.45) is 0. The number of hydrogen-bond donors (Lipinski definition) is 4. The maximum atomic E-state index is 10.3. The molecule has 0 aliphatic heterocycles. The van der Waals surface area contributed by atoms with Gasteiger partial charge in [-0.1, -0.05) is 12.1 Å². The van der Waals surface area contributed by atoms with E-state index in [2.05, 4.69) is 0 Å². The first kappa shape index (κ1) is 31.4. The zero-order valence-corrected chi connectivity index (χ0v) is 17.8. The quantitative estimate of drug-likeness (QED) is 0.135. The van der Waals surface area contributed by atoms with Crippen molar-refractivity contribution in [1.29, 1.82) is 10.5 Å². The van der Waals surface area contributed by atoms with Crippen LogP contribution in [0.5, 0.6) is 11.5 Å². The van der Waals surface area contributed by atoms with Crippen LogP contribution in [0.4, 0.5) is 5.69 Å². The number of benzene rings is 2. The molecule has 2 aromatic carbocycles. The van der Waals surface area contributed by atoms with Crippen molar-refractivity contribution in [1.82, 2.24) is 0 Å². The van der Waals surface area contributed by atoms with Crippen LogP contribution in [0.3, 0.4) is 0 Å². The number of nitro groups is 1. The van der Waals surface area contributed by atoms with E-state index in [1.807, 2.05) is 6.07 Å². The third-order valence-corrected chi connectivity index (χ3v) is 2.29. The Morgan fingerprint density at radius 3 is 1.80 bits per heavy atom. The zero-order chi connectivity index (χ0) is 23.0. The van der Waals surface area contributed by atoms with Crippen LogP contribution in [0.2, 0.25) is 0 Å². The molecule has 0 bridgehead atoms. The predicted molar refractivity (Wildman–Crippen MR) is 95.6 cm³/mol. The fourth-order valence-corrected chi connectivity index (χ4v) is 1.39. The largest absolute Gasteiger partial charge is 1.00 e. The van der Waals surface area contributed by atoms with Crippen LogP contribution in [0.1, 0.15) is 11.1 Å². The van der Waals surface area contributed by atoms with Crippen LogP contribution in [0, 0.1) is 42.9 Å². The van der Waals surface area contributed by atoms with Crippen LogP contribution < -0.4 is 29.6 Å². The summed E-state index contributed by atoms with van der Waals surface area (Å²) in [7, 11) is -4.67. The van der Waals surface area contributed by atoms with Crippen LogP contribution in [-0.2, 0) is 10.4 Å². The van der Waals surface area contributed by atoms with Crippen LogP contribution in [-0.4, -0.2) is 32.7 Å². The standard InChI is InChI=1S/C7H4N2O3.C7H5NO.HNO2.Na.H2O4S/c8-4-5-2-1-3-6(10)7(5)9(11)12;8-5-6-2-1-3-7(9)4-6;2-1-3;;1-5(2,3)4/h1-3,10H;1-4,9H;(H,2,3);;(H2,1,2,3,4)/q;;;+1;/p-1. The number of aromatic hydroxyl groups is 2. The van der Waals surface area contributed by atoms with E-state index < -0.39 is 26.8 Å². The van der Waals surface area contributed by atoms with Gasteiger partial charge < -0.3 is 20.3 Å². The molecule has 0 aliphatic rings. The van der Waals surface area contributed by atoms with E-state index in [0.29, 0.717) is 5.56 Å². The van der Waals surface area contributed by atoms with Gasteiger partial charge in [0.05, 0.1) is 16.6 Å². The fraction of sp³-hybridized carbons (Fsp3) is 0. The Balaban J connectivity index is -0.000000359. The molecule has 16 heteroatoms. The van der Waals surface area contributed by atoms with E-state index in [1.54, 1.807) is 18.2 Å². The number of hydrogen-bond acceptors (Lipinski definition) is 11. The number of nitro benzene ring substituents is 1. The van der Waals surface area contributed by atoms with E-state index >= 15 is 0 Å². The molecule has 4 N–H and O–H groups in total. The zero-order valence-electron chi connectivity index (χ0n) is 15.0. The first-order valence-electron chi connectivity index (χ1n) is 6.61. The SMILES string of the molecule is N#Cc1cccc(O)c1.N#Cc1cccc(O)c1[N+](=O)[O-].O=N[O-].O=S(=O)(O)O.[Na+]. The molecule has 0 radical (unpaired) electrons. The summed E-state index contributed by atoms with van der Waals surface area (Å²) < 4.78 is 31.6. The van der Waals surface area contributed by atoms with Gasteiger partial charge in [-0.3, -0.25) is 19.2 Å². The summed E-state index contributed by atoms with van der Waals surface area (Å²) in [5, 5.41) is 53.8. The Morgan fingerprint density at radius 1 is 1.03 bits per heavy atom. The van der Waals surface area contributed by atoms with E-state index in [9.17, 15) is 10.1 Å². The van der Waals surface area contributed by atoms with Gasteiger partial charge in [-0.25, -0.2) is 0 Å². The number of phenols is 2. The second kappa shape index (κ2) is 16.6. The van der Waals surface area contributed by atoms with Gasteiger partial charge in [0.2, 0.25) is 0 Å². The minimum atomic E-state index is -4.67. The monoisotopic (exact) mass is 450 g/mol. The first-order chi connectivity index (χ1) is 13.4. The summed E-state index contributed by atoms with van der Waals surface area (Å²) in [4.78, 5) is 17.5. The number of nitrogens with zero attached hydrogens (tertiary/aromatic N) is 4. The van der Waals surface area contributed by atoms with Crippen molar-refractivity contribution in [3.05, 3.63) is 73.8 Å². The first-order valence-corrected chi connectivity index (χ1v) is 8.01. The van der Waals surface area contributed by atoms with Crippen molar-refractivity contribution >= 4 is 16.1 Å². The van der Waals surface area contributed by atoms with Crippen molar-refractivity contribution in [3.63, 3.8) is 0 Å². The van der Waals surface area contributed by atoms with E-state index in [0.717, 1.165) is 5.34 Å². The molecule has 0 heterocycles. The maximum absolute atomic E-state index is 10.3. The van der Waals surface area contributed by atoms with Gasteiger partial charge in [0.25, 0.3) is 0 Å². The molecule has 0 aliphatic carbocycles. The van der Waals surface area contributed by atoms with E-state index in [-0.39, 0.29) is 40.9 Å². The molecule has 0 aromatic heterocycles. The van der Waals surface area contributed by atoms with Crippen molar-refractivity contribution in [2.24, 2.45) is 5.34 Å². The van der Waals surface area contributed by atoms with Crippen molar-refractivity contribution in [2.45, 2.75) is 0 Å². The Labute approximate surface area is 191 Å². The van der Waals surface area contributed by atoms with Crippen molar-refractivity contribution in [2.75, 3.05) is 0 Å². The van der Waals surface area contributed by atoms with E-state index in [1.165, 1.54) is 30.3 Å². The molecule has 154 valence electrons. The molecular weight excluding hydrogens is 439 g/mol. The molecule has 0 spiro atoms. The normalized spacial score (nSPS) is 8.40. The predicted octanol–water partition coefficient (Wildman–Crippen LogP) is -0.962. The summed E-state index contributed by atoms with van der Waals surface area (Å²) >= 11 is 0. The molecule has 0 atom stereocenters. The van der Waals surface area contributed by atoms with E-state index in [4.69, 9.17) is 48.4 Å². The summed E-state index contributed by atoms with van der Waals surface area (Å²) in [5.74, 6) is -0.354. The Hall–Kier alpha value is -3.31. The second-order valence-electron chi connectivity index (χ2n) is 4.23. The summed E-state index contributed by atoms with van der Waals surface area (Å²) in [6.45, 7) is 0. The minimum absolute atomic E-state index is 0. The molecule has 0 saturated heterocycles. The topological polar surface area (TPSA) is 258 Å². The van der Waals surface area contributed by atoms with Crippen LogP contribution in [0.15, 0.2) is 47.8 Å². The van der Waals surface area contributed by atoms with Crippen LogP contribution >= 0.6 is 0 Å². The summed E-state index contributed by atoms with van der Waals surface area (Å²) in [5.41, 5.74) is -0.199. The molecule has 30 heavy (non-hydrogen) atoms. The molecule has 0 unspecified atom stereocenters. The number of para-hydroxylation sites is 1. The van der Waals surface area contributed by atoms with Gasteiger partial charge in [-0.05, 0) is 30.3 Å². The third-order valence-electron chi connectivity index (χ3n) is 2.29. The van der Waals surface area contributed by atoms with Crippen molar-refractivity contribution < 1.29 is 62.2 Å². The van der Waals surface area contributed by atoms with Gasteiger partial charge in [-0.2, -0.15) is 18.9 Å². The smallest absolute Gasteiger partial charge is 0.508 e. The van der Waals surface area contributed by atoms with Gasteiger partial charge in [0.15, 0.2) is 5.75 Å². The van der Waals surface area contributed by atoms with Gasteiger partial charge in [0, 0.05) is 0 Å². The van der Waals surface area contributed by atoms with Crippen molar-refractivity contribution in [3.8, 4) is 23.6 Å². The summed E-state index contributed by atoms with van der Waals surface area (Å²) in [6, 6.07) is 13.6. The third kappa shape index (κ3) is 16.8. The fourth-order valence-electron chi connectivity index (χ4n) is 1.39. The average molecular weight is 450 g/mol. The second-order valence-corrected chi connectivity index (χ2v) is 5.12. The Morgan fingerprint density at radius 2 is 1.50 bits per heavy atom. The molecule has 14 nitrogen and oxygen atoms in total. The van der Waals surface area contributed by atoms with Gasteiger partial charge in [0.1, 0.15) is 17.4 Å². The average Bonchev–Trinajstić information content (AvgIpc) is 2.61.